The Balaban J connectivity index is 1.59. The van der Waals surface area contributed by atoms with Crippen LogP contribution in [0.2, 0.25) is 5.02 Å². The number of fused-ring (bicyclic) bond motifs is 1. The van der Waals surface area contributed by atoms with Gasteiger partial charge in [0.25, 0.3) is 0 Å². The first kappa shape index (κ1) is 15.0. The molecule has 0 aromatic carbocycles. The van der Waals surface area contributed by atoms with Gasteiger partial charge in [-0.2, -0.15) is 5.26 Å². The van der Waals surface area contributed by atoms with E-state index in [9.17, 15) is 5.26 Å². The van der Waals surface area contributed by atoms with Crippen LogP contribution in [-0.4, -0.2) is 27.5 Å². The van der Waals surface area contributed by atoms with Gasteiger partial charge in [0.1, 0.15) is 11.7 Å². The molecule has 4 heterocycles. The van der Waals surface area contributed by atoms with E-state index in [1.807, 2.05) is 12.4 Å². The molecule has 0 N–H and O–H groups in total. The molecule has 3 aromatic rings. The highest BCUT2D eigenvalue weighted by atomic mass is 35.5. The molecule has 1 atom stereocenters. The average Bonchev–Trinajstić information content (AvgIpc) is 3.19. The molecule has 0 spiro atoms. The van der Waals surface area contributed by atoms with E-state index < -0.39 is 0 Å². The largest absolute Gasteiger partial charge is 0.354 e. The van der Waals surface area contributed by atoms with Gasteiger partial charge in [-0.1, -0.05) is 11.6 Å². The summed E-state index contributed by atoms with van der Waals surface area (Å²) in [5.74, 6) is 1.32. The second-order valence-electron chi connectivity index (χ2n) is 6.13. The maximum absolute atomic E-state index is 9.56. The third kappa shape index (κ3) is 2.70. The lowest BCUT2D eigenvalue weighted by Gasteiger charge is -2.16. The summed E-state index contributed by atoms with van der Waals surface area (Å²) >= 11 is 6.04. The zero-order valence-electron chi connectivity index (χ0n) is 13.1. The Morgan fingerprint density at radius 2 is 2.12 bits per heavy atom. The van der Waals surface area contributed by atoms with Gasteiger partial charge in [0.15, 0.2) is 11.5 Å². The smallest absolute Gasteiger partial charge is 0.169 e. The first-order valence-electron chi connectivity index (χ1n) is 7.96. The highest BCUT2D eigenvalue weighted by molar-refractivity contribution is 6.30. The molecular formula is C18H16ClN5. The van der Waals surface area contributed by atoms with E-state index in [2.05, 4.69) is 33.1 Å². The van der Waals surface area contributed by atoms with Gasteiger partial charge in [0.2, 0.25) is 0 Å². The fourth-order valence-corrected chi connectivity index (χ4v) is 3.53. The molecule has 1 aliphatic rings. The third-order valence-corrected chi connectivity index (χ3v) is 4.77. The molecule has 1 aliphatic heterocycles. The summed E-state index contributed by atoms with van der Waals surface area (Å²) in [5.41, 5.74) is 2.59. The van der Waals surface area contributed by atoms with Crippen molar-refractivity contribution < 1.29 is 0 Å². The van der Waals surface area contributed by atoms with Crippen molar-refractivity contribution >= 4 is 23.1 Å². The van der Waals surface area contributed by atoms with Gasteiger partial charge >= 0.3 is 0 Å². The van der Waals surface area contributed by atoms with E-state index in [1.54, 1.807) is 22.7 Å². The van der Waals surface area contributed by atoms with Crippen LogP contribution >= 0.6 is 11.6 Å². The number of imidazole rings is 1. The molecule has 0 aliphatic carbocycles. The second kappa shape index (κ2) is 6.14. The number of nitrogens with zero attached hydrogens (tertiary/aromatic N) is 5. The Kier molecular flexibility index (Phi) is 3.83. The van der Waals surface area contributed by atoms with Crippen molar-refractivity contribution in [3.63, 3.8) is 0 Å². The number of nitriles is 1. The van der Waals surface area contributed by atoms with Crippen molar-refractivity contribution in [1.82, 2.24) is 14.4 Å². The standard InChI is InChI=1S/C18H16ClN5/c19-15-4-8-24-16(11-20)18(22-17(24)10-15)23-7-3-14(12-23)9-13-1-5-21-6-2-13/h1-2,4-6,8,10,14H,3,7,9,12H2. The summed E-state index contributed by atoms with van der Waals surface area (Å²) in [5, 5.41) is 10.2. The molecule has 120 valence electrons. The molecule has 24 heavy (non-hydrogen) atoms. The molecule has 1 saturated heterocycles. The lowest BCUT2D eigenvalue weighted by atomic mass is 10.00. The van der Waals surface area contributed by atoms with Crippen molar-refractivity contribution in [3.05, 3.63) is 59.1 Å². The molecule has 1 unspecified atom stereocenters. The maximum atomic E-state index is 9.56. The molecule has 3 aromatic heterocycles. The molecule has 5 nitrogen and oxygen atoms in total. The Morgan fingerprint density at radius 1 is 1.29 bits per heavy atom. The Bertz CT molecular complexity index is 912. The molecule has 0 amide bonds. The van der Waals surface area contributed by atoms with Crippen molar-refractivity contribution in [2.24, 2.45) is 5.92 Å². The molecule has 6 heteroatoms. The lowest BCUT2D eigenvalue weighted by molar-refractivity contribution is 0.586. The number of hydrogen-bond donors (Lipinski definition) is 0. The van der Waals surface area contributed by atoms with Crippen molar-refractivity contribution in [1.29, 1.82) is 5.26 Å². The highest BCUT2D eigenvalue weighted by Gasteiger charge is 2.27. The zero-order chi connectivity index (χ0) is 16.5. The lowest BCUT2D eigenvalue weighted by Crippen LogP contribution is -2.21. The van der Waals surface area contributed by atoms with Crippen LogP contribution in [0.5, 0.6) is 0 Å². The number of rotatable bonds is 3. The van der Waals surface area contributed by atoms with Gasteiger partial charge in [0, 0.05) is 42.8 Å². The Morgan fingerprint density at radius 3 is 2.92 bits per heavy atom. The monoisotopic (exact) mass is 337 g/mol. The van der Waals surface area contributed by atoms with E-state index in [1.165, 1.54) is 5.56 Å². The number of hydrogen-bond acceptors (Lipinski definition) is 4. The van der Waals surface area contributed by atoms with Crippen molar-refractivity contribution in [3.8, 4) is 6.07 Å². The van der Waals surface area contributed by atoms with Gasteiger partial charge < -0.3 is 4.90 Å². The summed E-state index contributed by atoms with van der Waals surface area (Å²) in [4.78, 5) is 10.9. The summed E-state index contributed by atoms with van der Waals surface area (Å²) in [6.07, 6.45) is 7.60. The second-order valence-corrected chi connectivity index (χ2v) is 6.57. The predicted octanol–water partition coefficient (Wildman–Crippen LogP) is 3.32. The number of halogens is 1. The molecule has 4 rings (SSSR count). The van der Waals surface area contributed by atoms with Crippen molar-refractivity contribution in [2.75, 3.05) is 18.0 Å². The Hall–Kier alpha value is -2.58. The van der Waals surface area contributed by atoms with E-state index in [0.717, 1.165) is 31.7 Å². The highest BCUT2D eigenvalue weighted by Crippen LogP contribution is 2.29. The van der Waals surface area contributed by atoms with Crippen molar-refractivity contribution in [2.45, 2.75) is 12.8 Å². The minimum atomic E-state index is 0.562. The van der Waals surface area contributed by atoms with Crippen LogP contribution in [0.15, 0.2) is 42.9 Å². The average molecular weight is 338 g/mol. The number of pyridine rings is 2. The summed E-state index contributed by atoms with van der Waals surface area (Å²) in [6, 6.07) is 9.98. The van der Waals surface area contributed by atoms with Crippen LogP contribution in [0.3, 0.4) is 0 Å². The van der Waals surface area contributed by atoms with Crippen LogP contribution in [0.1, 0.15) is 17.7 Å². The van der Waals surface area contributed by atoms with Gasteiger partial charge in [-0.3, -0.25) is 9.38 Å². The maximum Gasteiger partial charge on any atom is 0.169 e. The van der Waals surface area contributed by atoms with Crippen LogP contribution in [0, 0.1) is 17.2 Å². The van der Waals surface area contributed by atoms with E-state index >= 15 is 0 Å². The first-order chi connectivity index (χ1) is 11.7. The molecule has 0 saturated carbocycles. The zero-order valence-corrected chi connectivity index (χ0v) is 13.8. The topological polar surface area (TPSA) is 57.2 Å². The van der Waals surface area contributed by atoms with Crippen LogP contribution in [0.4, 0.5) is 5.82 Å². The Labute approximate surface area is 145 Å². The quantitative estimate of drug-likeness (QED) is 0.735. The molecule has 0 radical (unpaired) electrons. The third-order valence-electron chi connectivity index (χ3n) is 4.53. The van der Waals surface area contributed by atoms with Crippen LogP contribution in [-0.2, 0) is 6.42 Å². The predicted molar refractivity (Wildman–Crippen MR) is 93.2 cm³/mol. The number of anilines is 1. The normalized spacial score (nSPS) is 17.3. The summed E-state index contributed by atoms with van der Waals surface area (Å²) in [7, 11) is 0. The first-order valence-corrected chi connectivity index (χ1v) is 8.34. The van der Waals surface area contributed by atoms with E-state index in [0.29, 0.717) is 22.3 Å². The number of aromatic nitrogens is 3. The van der Waals surface area contributed by atoms with E-state index in [-0.39, 0.29) is 0 Å². The minimum absolute atomic E-state index is 0.562. The van der Waals surface area contributed by atoms with Gasteiger partial charge in [-0.05, 0) is 42.5 Å². The molecule has 0 bridgehead atoms. The fourth-order valence-electron chi connectivity index (χ4n) is 3.38. The summed E-state index contributed by atoms with van der Waals surface area (Å²) in [6.45, 7) is 1.83. The molecular weight excluding hydrogens is 322 g/mol. The van der Waals surface area contributed by atoms with Crippen LogP contribution < -0.4 is 4.90 Å². The van der Waals surface area contributed by atoms with Gasteiger partial charge in [-0.25, -0.2) is 4.98 Å². The summed E-state index contributed by atoms with van der Waals surface area (Å²) < 4.78 is 1.80. The van der Waals surface area contributed by atoms with Gasteiger partial charge in [-0.15, -0.1) is 0 Å². The fraction of sp³-hybridized carbons (Fsp3) is 0.278. The minimum Gasteiger partial charge on any atom is -0.354 e. The van der Waals surface area contributed by atoms with E-state index in [4.69, 9.17) is 11.6 Å². The molecule has 1 fully saturated rings. The SMILES string of the molecule is N#Cc1c(N2CCC(Cc3ccncc3)C2)nc2cc(Cl)ccn12. The van der Waals surface area contributed by atoms with Gasteiger partial charge in [0.05, 0.1) is 0 Å². The van der Waals surface area contributed by atoms with Crippen LogP contribution in [0.25, 0.3) is 5.65 Å².